The molecular weight excluding hydrogens is 440 g/mol. The van der Waals surface area contributed by atoms with Crippen molar-refractivity contribution in [3.8, 4) is 0 Å². The zero-order valence-corrected chi connectivity index (χ0v) is 19.0. The quantitative estimate of drug-likeness (QED) is 0.438. The molecular formula is C24H26N4O4S. The van der Waals surface area contributed by atoms with Crippen LogP contribution in [0.3, 0.4) is 0 Å². The number of hydrogen-bond donors (Lipinski definition) is 3. The van der Waals surface area contributed by atoms with E-state index in [9.17, 15) is 13.2 Å². The minimum absolute atomic E-state index is 0.0136. The normalized spacial score (nSPS) is 16.5. The van der Waals surface area contributed by atoms with Crippen LogP contribution >= 0.6 is 0 Å². The highest BCUT2D eigenvalue weighted by Crippen LogP contribution is 2.47. The third-order valence-corrected chi connectivity index (χ3v) is 8.32. The van der Waals surface area contributed by atoms with E-state index >= 15 is 0 Å². The molecule has 0 radical (unpaired) electrons. The van der Waals surface area contributed by atoms with Crippen LogP contribution in [-0.4, -0.2) is 36.0 Å². The molecule has 2 heterocycles. The minimum atomic E-state index is -4.12. The van der Waals surface area contributed by atoms with Crippen molar-refractivity contribution in [1.29, 1.82) is 0 Å². The van der Waals surface area contributed by atoms with E-state index in [1.807, 2.05) is 24.3 Å². The lowest BCUT2D eigenvalue weighted by Gasteiger charge is -2.29. The molecule has 1 fully saturated rings. The van der Waals surface area contributed by atoms with E-state index in [2.05, 4.69) is 22.2 Å². The van der Waals surface area contributed by atoms with Crippen LogP contribution in [0.4, 0.5) is 5.82 Å². The number of aromatic nitrogens is 2. The van der Waals surface area contributed by atoms with Crippen LogP contribution in [0.2, 0.25) is 0 Å². The van der Waals surface area contributed by atoms with Gasteiger partial charge in [0.2, 0.25) is 9.84 Å². The number of carboxylic acid groups (broad SMARTS) is 1. The number of pyridine rings is 2. The monoisotopic (exact) mass is 466 g/mol. The maximum Gasteiger partial charge on any atom is 0.322 e. The summed E-state index contributed by atoms with van der Waals surface area (Å²) in [6.45, 7) is 1.85. The van der Waals surface area contributed by atoms with Gasteiger partial charge in [-0.05, 0) is 53.6 Å². The molecule has 1 aliphatic rings. The van der Waals surface area contributed by atoms with E-state index < -0.39 is 20.7 Å². The Hall–Kier alpha value is -3.30. The van der Waals surface area contributed by atoms with Crippen LogP contribution in [-0.2, 0) is 31.3 Å². The van der Waals surface area contributed by atoms with Gasteiger partial charge in [-0.1, -0.05) is 37.3 Å². The van der Waals surface area contributed by atoms with Crippen LogP contribution in [0.25, 0.3) is 0 Å². The van der Waals surface area contributed by atoms with E-state index in [-0.39, 0.29) is 34.8 Å². The van der Waals surface area contributed by atoms with Crippen molar-refractivity contribution in [3.05, 3.63) is 83.8 Å². The molecule has 3 aromatic rings. The van der Waals surface area contributed by atoms with Gasteiger partial charge in [-0.15, -0.1) is 0 Å². The molecule has 1 saturated carbocycles. The third-order valence-electron chi connectivity index (χ3n) is 6.15. The molecule has 1 aromatic carbocycles. The summed E-state index contributed by atoms with van der Waals surface area (Å²) in [6, 6.07) is 15.6. The number of carboxylic acids is 1. The molecule has 0 amide bonds. The lowest BCUT2D eigenvalue weighted by molar-refractivity contribution is -0.134. The highest BCUT2D eigenvalue weighted by Gasteiger charge is 2.45. The number of rotatable bonds is 9. The largest absolute Gasteiger partial charge is 0.480 e. The molecule has 1 aliphatic carbocycles. The number of hydrogen-bond acceptors (Lipinski definition) is 7. The topological polar surface area (TPSA) is 135 Å². The zero-order chi connectivity index (χ0) is 23.7. The van der Waals surface area contributed by atoms with Crippen molar-refractivity contribution in [3.63, 3.8) is 0 Å². The van der Waals surface area contributed by atoms with E-state index in [1.54, 1.807) is 18.2 Å². The van der Waals surface area contributed by atoms with Crippen LogP contribution in [0.1, 0.15) is 36.6 Å². The first kappa shape index (κ1) is 22.9. The number of aliphatic carboxylic acids is 1. The number of benzene rings is 1. The van der Waals surface area contributed by atoms with Gasteiger partial charge in [0.1, 0.15) is 12.4 Å². The molecule has 33 heavy (non-hydrogen) atoms. The van der Waals surface area contributed by atoms with Crippen molar-refractivity contribution < 1.29 is 18.3 Å². The predicted molar refractivity (Wildman–Crippen MR) is 124 cm³/mol. The summed E-state index contributed by atoms with van der Waals surface area (Å²) in [5.41, 5.74) is 8.99. The molecule has 0 aliphatic heterocycles. The first-order valence-corrected chi connectivity index (χ1v) is 12.1. The van der Waals surface area contributed by atoms with Crippen molar-refractivity contribution in [1.82, 2.24) is 9.97 Å². The Morgan fingerprint density at radius 1 is 1.15 bits per heavy atom. The lowest BCUT2D eigenvalue weighted by atomic mass is 9.95. The molecule has 9 heteroatoms. The summed E-state index contributed by atoms with van der Waals surface area (Å²) in [5, 5.41) is 11.6. The van der Waals surface area contributed by atoms with Crippen LogP contribution in [0.5, 0.6) is 0 Å². The molecule has 1 unspecified atom stereocenters. The molecule has 4 rings (SSSR count). The number of nitrogens with two attached hydrogens (primary N) is 1. The van der Waals surface area contributed by atoms with Gasteiger partial charge in [0.25, 0.3) is 0 Å². The van der Waals surface area contributed by atoms with Gasteiger partial charge >= 0.3 is 5.97 Å². The average Bonchev–Trinajstić information content (AvgIpc) is 3.57. The second-order valence-electron chi connectivity index (χ2n) is 8.67. The summed E-state index contributed by atoms with van der Waals surface area (Å²) in [4.78, 5) is 17.3. The third kappa shape index (κ3) is 4.60. The molecule has 1 atom stereocenters. The molecule has 0 saturated heterocycles. The highest BCUT2D eigenvalue weighted by atomic mass is 32.2. The van der Waals surface area contributed by atoms with Crippen LogP contribution in [0.15, 0.2) is 71.9 Å². The van der Waals surface area contributed by atoms with Gasteiger partial charge in [0.05, 0.1) is 10.6 Å². The van der Waals surface area contributed by atoms with Gasteiger partial charge in [-0.2, -0.15) is 0 Å². The number of carbonyl (C=O) groups is 1. The number of anilines is 1. The Morgan fingerprint density at radius 3 is 2.48 bits per heavy atom. The zero-order valence-electron chi connectivity index (χ0n) is 18.2. The Bertz CT molecular complexity index is 1260. The van der Waals surface area contributed by atoms with E-state index in [4.69, 9.17) is 10.8 Å². The Kier molecular flexibility index (Phi) is 5.94. The molecule has 172 valence electrons. The fourth-order valence-corrected chi connectivity index (χ4v) is 5.40. The maximum atomic E-state index is 13.8. The predicted octanol–water partition coefficient (Wildman–Crippen LogP) is 2.85. The van der Waals surface area contributed by atoms with Gasteiger partial charge in [0, 0.05) is 18.8 Å². The van der Waals surface area contributed by atoms with Gasteiger partial charge in [0.15, 0.2) is 4.87 Å². The van der Waals surface area contributed by atoms with E-state index in [1.165, 1.54) is 30.1 Å². The van der Waals surface area contributed by atoms with Crippen LogP contribution in [0, 0.1) is 0 Å². The summed E-state index contributed by atoms with van der Waals surface area (Å²) in [7, 11) is -4.12. The van der Waals surface area contributed by atoms with Gasteiger partial charge < -0.3 is 16.2 Å². The smallest absolute Gasteiger partial charge is 0.322 e. The molecule has 0 spiro atoms. The fraction of sp³-hybridized carbons (Fsp3) is 0.292. The Labute approximate surface area is 192 Å². The second kappa shape index (κ2) is 8.57. The maximum absolute atomic E-state index is 13.8. The van der Waals surface area contributed by atoms with Crippen molar-refractivity contribution in [2.24, 2.45) is 5.73 Å². The number of nitrogens with one attached hydrogen (secondary N) is 1. The average molecular weight is 467 g/mol. The van der Waals surface area contributed by atoms with Gasteiger partial charge in [-0.3, -0.25) is 9.78 Å². The molecule has 8 nitrogen and oxygen atoms in total. The SMILES string of the molecule is CC1(c2ccc(CC(N)(c3cccc(NCC(=O)O)n3)S(=O)(=O)c3cccnc3)cc2)CC1. The summed E-state index contributed by atoms with van der Waals surface area (Å²) < 4.78 is 27.5. The Morgan fingerprint density at radius 2 is 1.88 bits per heavy atom. The van der Waals surface area contributed by atoms with Crippen molar-refractivity contribution in [2.45, 2.75) is 41.4 Å². The van der Waals surface area contributed by atoms with Crippen molar-refractivity contribution >= 4 is 21.6 Å². The summed E-state index contributed by atoms with van der Waals surface area (Å²) in [5.74, 6) is -0.836. The van der Waals surface area contributed by atoms with Crippen molar-refractivity contribution in [2.75, 3.05) is 11.9 Å². The fourth-order valence-electron chi connectivity index (χ4n) is 3.78. The lowest BCUT2D eigenvalue weighted by Crippen LogP contribution is -2.47. The minimum Gasteiger partial charge on any atom is -0.480 e. The van der Waals surface area contributed by atoms with E-state index in [0.717, 1.165) is 18.4 Å². The van der Waals surface area contributed by atoms with E-state index in [0.29, 0.717) is 0 Å². The standard InChI is InChI=1S/C24H26N4O4S/c1-23(11-12-23)18-9-7-17(8-10-18)14-24(25,33(31,32)19-4-3-13-26-15-19)20-5-2-6-21(28-20)27-16-22(29)30/h2-10,13,15H,11-12,14,16,25H2,1H3,(H,27,28)(H,29,30). The van der Waals surface area contributed by atoms with Crippen LogP contribution < -0.4 is 11.1 Å². The first-order valence-electron chi connectivity index (χ1n) is 10.6. The Balaban J connectivity index is 1.76. The molecule has 4 N–H and O–H groups in total. The van der Waals surface area contributed by atoms with Gasteiger partial charge in [-0.25, -0.2) is 13.4 Å². The highest BCUT2D eigenvalue weighted by molar-refractivity contribution is 7.92. The summed E-state index contributed by atoms with van der Waals surface area (Å²) >= 11 is 0. The number of nitrogens with zero attached hydrogens (tertiary/aromatic N) is 2. The summed E-state index contributed by atoms with van der Waals surface area (Å²) in [6.07, 6.45) is 5.02. The molecule has 0 bridgehead atoms. The number of sulfone groups is 1. The second-order valence-corrected chi connectivity index (χ2v) is 10.9. The molecule has 2 aromatic heterocycles. The first-order chi connectivity index (χ1) is 15.6.